The molecule has 2 amide bonds. The molecule has 5 nitrogen and oxygen atoms in total. The number of alkyl halides is 1. The Bertz CT molecular complexity index is 438. The first kappa shape index (κ1) is 15.7. The van der Waals surface area contributed by atoms with Gasteiger partial charge in [-0.3, -0.25) is 9.59 Å². The van der Waals surface area contributed by atoms with E-state index in [4.69, 9.17) is 4.74 Å². The summed E-state index contributed by atoms with van der Waals surface area (Å²) in [5, 5.41) is 5.69. The van der Waals surface area contributed by atoms with E-state index in [9.17, 15) is 9.59 Å². The molecule has 2 N–H and O–H groups in total. The van der Waals surface area contributed by atoms with Crippen molar-refractivity contribution in [2.45, 2.75) is 6.42 Å². The normalized spacial score (nSPS) is 10.0. The van der Waals surface area contributed by atoms with Gasteiger partial charge in [-0.25, -0.2) is 0 Å². The van der Waals surface area contributed by atoms with Gasteiger partial charge in [0.25, 0.3) is 5.91 Å². The van der Waals surface area contributed by atoms with Crippen molar-refractivity contribution in [1.82, 2.24) is 5.32 Å². The standard InChI is InChI=1S/C13H17BrN2O3/c1-19-7-3-6-15-13(18)10-4-2-5-11(8-10)16-12(17)9-14/h2,4-5,8H,3,6-7,9H2,1H3,(H,15,18)(H,16,17). The fourth-order valence-corrected chi connectivity index (χ4v) is 1.59. The van der Waals surface area contributed by atoms with Crippen LogP contribution in [0, 0.1) is 0 Å². The van der Waals surface area contributed by atoms with Crippen molar-refractivity contribution in [2.75, 3.05) is 30.9 Å². The summed E-state index contributed by atoms with van der Waals surface area (Å²) in [7, 11) is 1.62. The van der Waals surface area contributed by atoms with Crippen LogP contribution in [0.1, 0.15) is 16.8 Å². The molecular formula is C13H17BrN2O3. The zero-order valence-corrected chi connectivity index (χ0v) is 12.3. The van der Waals surface area contributed by atoms with E-state index in [0.29, 0.717) is 24.4 Å². The molecule has 1 aromatic rings. The molecule has 0 spiro atoms. The third-order valence-electron chi connectivity index (χ3n) is 2.34. The lowest BCUT2D eigenvalue weighted by atomic mass is 10.2. The predicted molar refractivity (Wildman–Crippen MR) is 77.7 cm³/mol. The Hall–Kier alpha value is -1.40. The zero-order valence-electron chi connectivity index (χ0n) is 10.7. The molecule has 0 unspecified atom stereocenters. The van der Waals surface area contributed by atoms with Crippen LogP contribution in [0.5, 0.6) is 0 Å². The lowest BCUT2D eigenvalue weighted by Gasteiger charge is -2.07. The number of methoxy groups -OCH3 is 1. The quantitative estimate of drug-likeness (QED) is 0.592. The summed E-state index contributed by atoms with van der Waals surface area (Å²) in [5.41, 5.74) is 1.12. The number of hydrogen-bond donors (Lipinski definition) is 2. The molecule has 1 aromatic carbocycles. The maximum atomic E-state index is 11.8. The van der Waals surface area contributed by atoms with E-state index < -0.39 is 0 Å². The number of carbonyl (C=O) groups excluding carboxylic acids is 2. The largest absolute Gasteiger partial charge is 0.385 e. The van der Waals surface area contributed by atoms with Gasteiger partial charge < -0.3 is 15.4 Å². The molecule has 0 radical (unpaired) electrons. The van der Waals surface area contributed by atoms with E-state index >= 15 is 0 Å². The zero-order chi connectivity index (χ0) is 14.1. The van der Waals surface area contributed by atoms with Gasteiger partial charge in [-0.1, -0.05) is 22.0 Å². The van der Waals surface area contributed by atoms with E-state index in [0.717, 1.165) is 6.42 Å². The van der Waals surface area contributed by atoms with Crippen LogP contribution in [0.4, 0.5) is 5.69 Å². The number of hydrogen-bond acceptors (Lipinski definition) is 3. The Balaban J connectivity index is 2.55. The lowest BCUT2D eigenvalue weighted by Crippen LogP contribution is -2.25. The highest BCUT2D eigenvalue weighted by molar-refractivity contribution is 9.09. The molecule has 0 saturated heterocycles. The molecule has 0 heterocycles. The van der Waals surface area contributed by atoms with E-state index in [1.807, 2.05) is 0 Å². The summed E-state index contributed by atoms with van der Waals surface area (Å²) in [5.74, 6) is -0.316. The van der Waals surface area contributed by atoms with Crippen LogP contribution in [-0.2, 0) is 9.53 Å². The first-order valence-electron chi connectivity index (χ1n) is 5.90. The monoisotopic (exact) mass is 328 g/mol. The van der Waals surface area contributed by atoms with E-state index in [-0.39, 0.29) is 17.1 Å². The van der Waals surface area contributed by atoms with Crippen LogP contribution in [0.25, 0.3) is 0 Å². The summed E-state index contributed by atoms with van der Waals surface area (Å²) < 4.78 is 4.90. The SMILES string of the molecule is COCCCNC(=O)c1cccc(NC(=O)CBr)c1. The summed E-state index contributed by atoms with van der Waals surface area (Å²) in [6.45, 7) is 1.17. The summed E-state index contributed by atoms with van der Waals surface area (Å²) in [6.07, 6.45) is 0.766. The molecule has 6 heteroatoms. The smallest absolute Gasteiger partial charge is 0.251 e. The molecule has 0 aliphatic heterocycles. The van der Waals surface area contributed by atoms with Gasteiger partial charge in [0.2, 0.25) is 5.91 Å². The Morgan fingerprint density at radius 3 is 2.84 bits per heavy atom. The van der Waals surface area contributed by atoms with Crippen LogP contribution in [0.3, 0.4) is 0 Å². The Labute approximate surface area is 120 Å². The number of rotatable bonds is 7. The van der Waals surface area contributed by atoms with Crippen molar-refractivity contribution in [1.29, 1.82) is 0 Å². The highest BCUT2D eigenvalue weighted by Crippen LogP contribution is 2.10. The minimum absolute atomic E-state index is 0.155. The molecule has 0 aromatic heterocycles. The summed E-state index contributed by atoms with van der Waals surface area (Å²) in [4.78, 5) is 23.1. The fourth-order valence-electron chi connectivity index (χ4n) is 1.45. The predicted octanol–water partition coefficient (Wildman–Crippen LogP) is 1.79. The second kappa shape index (κ2) is 8.66. The third-order valence-corrected chi connectivity index (χ3v) is 2.85. The number of anilines is 1. The van der Waals surface area contributed by atoms with Gasteiger partial charge in [-0.15, -0.1) is 0 Å². The molecule has 0 aliphatic carbocycles. The Kier molecular flexibility index (Phi) is 7.14. The minimum atomic E-state index is -0.161. The van der Waals surface area contributed by atoms with Gasteiger partial charge in [-0.2, -0.15) is 0 Å². The lowest BCUT2D eigenvalue weighted by molar-refractivity contribution is -0.113. The van der Waals surface area contributed by atoms with Gasteiger partial charge in [0.1, 0.15) is 0 Å². The Morgan fingerprint density at radius 1 is 1.37 bits per heavy atom. The molecule has 0 atom stereocenters. The maximum Gasteiger partial charge on any atom is 0.251 e. The van der Waals surface area contributed by atoms with E-state index in [2.05, 4.69) is 26.6 Å². The van der Waals surface area contributed by atoms with Gasteiger partial charge >= 0.3 is 0 Å². The average Bonchev–Trinajstić information content (AvgIpc) is 2.43. The molecule has 19 heavy (non-hydrogen) atoms. The van der Waals surface area contributed by atoms with Crippen molar-refractivity contribution < 1.29 is 14.3 Å². The van der Waals surface area contributed by atoms with Crippen LogP contribution in [0.15, 0.2) is 24.3 Å². The van der Waals surface area contributed by atoms with Crippen LogP contribution in [0.2, 0.25) is 0 Å². The number of amides is 2. The van der Waals surface area contributed by atoms with E-state index in [1.165, 1.54) is 0 Å². The molecule has 0 saturated carbocycles. The van der Waals surface area contributed by atoms with Crippen LogP contribution >= 0.6 is 15.9 Å². The topological polar surface area (TPSA) is 67.4 Å². The number of nitrogens with one attached hydrogen (secondary N) is 2. The van der Waals surface area contributed by atoms with Gasteiger partial charge in [0, 0.05) is 31.5 Å². The molecule has 0 bridgehead atoms. The van der Waals surface area contributed by atoms with Gasteiger partial charge in [-0.05, 0) is 24.6 Å². The Morgan fingerprint density at radius 2 is 2.16 bits per heavy atom. The second-order valence-electron chi connectivity index (χ2n) is 3.86. The van der Waals surface area contributed by atoms with Crippen LogP contribution < -0.4 is 10.6 Å². The number of halogens is 1. The average molecular weight is 329 g/mol. The molecule has 1 rings (SSSR count). The summed E-state index contributed by atoms with van der Waals surface area (Å²) >= 11 is 3.07. The maximum absolute atomic E-state index is 11.8. The minimum Gasteiger partial charge on any atom is -0.385 e. The summed E-state index contributed by atoms with van der Waals surface area (Å²) in [6, 6.07) is 6.82. The number of benzene rings is 1. The number of carbonyl (C=O) groups is 2. The van der Waals surface area contributed by atoms with Crippen LogP contribution in [-0.4, -0.2) is 37.4 Å². The molecule has 0 fully saturated rings. The third kappa shape index (κ3) is 5.85. The van der Waals surface area contributed by atoms with E-state index in [1.54, 1.807) is 31.4 Å². The number of ether oxygens (including phenoxy) is 1. The molecule has 0 aliphatic rings. The highest BCUT2D eigenvalue weighted by atomic mass is 79.9. The van der Waals surface area contributed by atoms with Crippen molar-refractivity contribution in [3.8, 4) is 0 Å². The van der Waals surface area contributed by atoms with Crippen molar-refractivity contribution in [3.05, 3.63) is 29.8 Å². The molecular weight excluding hydrogens is 312 g/mol. The highest BCUT2D eigenvalue weighted by Gasteiger charge is 2.06. The molecule has 104 valence electrons. The van der Waals surface area contributed by atoms with Gasteiger partial charge in [0.15, 0.2) is 0 Å². The van der Waals surface area contributed by atoms with Crippen molar-refractivity contribution >= 4 is 33.4 Å². The first-order valence-corrected chi connectivity index (χ1v) is 7.02. The first-order chi connectivity index (χ1) is 9.17. The second-order valence-corrected chi connectivity index (χ2v) is 4.43. The van der Waals surface area contributed by atoms with Gasteiger partial charge in [0.05, 0.1) is 5.33 Å². The van der Waals surface area contributed by atoms with Crippen molar-refractivity contribution in [3.63, 3.8) is 0 Å². The fraction of sp³-hybridized carbons (Fsp3) is 0.385. The van der Waals surface area contributed by atoms with Crippen molar-refractivity contribution in [2.24, 2.45) is 0 Å².